The molecule has 25 heavy (non-hydrogen) atoms. The van der Waals surface area contributed by atoms with Gasteiger partial charge in [0.25, 0.3) is 0 Å². The molecule has 3 rings (SSSR count). The highest BCUT2D eigenvalue weighted by atomic mass is 32.1. The smallest absolute Gasteiger partial charge is 0.238 e. The first-order valence-electron chi connectivity index (χ1n) is 7.96. The lowest BCUT2D eigenvalue weighted by Crippen LogP contribution is -2.34. The minimum atomic E-state index is -0.0406. The Bertz CT molecular complexity index is 781. The molecule has 3 aromatic heterocycles. The molecular formula is C17H20N4O3S. The van der Waals surface area contributed by atoms with E-state index in [0.29, 0.717) is 36.9 Å². The van der Waals surface area contributed by atoms with Gasteiger partial charge in [-0.25, -0.2) is 0 Å². The summed E-state index contributed by atoms with van der Waals surface area (Å²) in [5.74, 6) is 1.32. The van der Waals surface area contributed by atoms with Gasteiger partial charge in [-0.05, 0) is 37.7 Å². The van der Waals surface area contributed by atoms with E-state index < -0.39 is 0 Å². The van der Waals surface area contributed by atoms with Crippen LogP contribution in [-0.2, 0) is 11.2 Å². The van der Waals surface area contributed by atoms with Gasteiger partial charge in [-0.15, -0.1) is 11.3 Å². The van der Waals surface area contributed by atoms with Crippen LogP contribution in [0, 0.1) is 0 Å². The summed E-state index contributed by atoms with van der Waals surface area (Å²) in [6.45, 7) is 0.563. The topological polar surface area (TPSA) is 84.4 Å². The van der Waals surface area contributed by atoms with Crippen molar-refractivity contribution >= 4 is 17.2 Å². The highest BCUT2D eigenvalue weighted by Crippen LogP contribution is 2.22. The van der Waals surface area contributed by atoms with Gasteiger partial charge in [0.15, 0.2) is 5.76 Å². The van der Waals surface area contributed by atoms with Crippen LogP contribution in [0.1, 0.15) is 23.2 Å². The number of nitrogens with zero attached hydrogens (tertiary/aromatic N) is 3. The number of carbonyl (C=O) groups is 1. The molecule has 0 radical (unpaired) electrons. The van der Waals surface area contributed by atoms with E-state index in [-0.39, 0.29) is 11.9 Å². The Kier molecular flexibility index (Phi) is 5.62. The lowest BCUT2D eigenvalue weighted by molar-refractivity contribution is -0.121. The summed E-state index contributed by atoms with van der Waals surface area (Å²) in [4.78, 5) is 19.7. The van der Waals surface area contributed by atoms with Crippen LogP contribution in [0.5, 0.6) is 0 Å². The second-order valence-electron chi connectivity index (χ2n) is 5.79. The van der Waals surface area contributed by atoms with E-state index in [9.17, 15) is 4.79 Å². The molecule has 7 nitrogen and oxygen atoms in total. The third kappa shape index (κ3) is 4.55. The average molecular weight is 360 g/mol. The molecule has 0 aliphatic heterocycles. The van der Waals surface area contributed by atoms with Gasteiger partial charge in [0.05, 0.1) is 12.3 Å². The zero-order valence-corrected chi connectivity index (χ0v) is 15.0. The van der Waals surface area contributed by atoms with Gasteiger partial charge in [-0.2, -0.15) is 4.98 Å². The first-order chi connectivity index (χ1) is 12.1. The Morgan fingerprint density at radius 3 is 2.92 bits per heavy atom. The van der Waals surface area contributed by atoms with Crippen molar-refractivity contribution in [1.29, 1.82) is 0 Å². The first kappa shape index (κ1) is 17.4. The lowest BCUT2D eigenvalue weighted by atomic mass is 10.2. The molecule has 1 atom stereocenters. The van der Waals surface area contributed by atoms with Crippen molar-refractivity contribution in [3.05, 3.63) is 46.7 Å². The molecule has 0 saturated carbocycles. The molecule has 0 spiro atoms. The molecule has 1 amide bonds. The summed E-state index contributed by atoms with van der Waals surface area (Å²) in [7, 11) is 4.01. The van der Waals surface area contributed by atoms with Crippen molar-refractivity contribution in [3.63, 3.8) is 0 Å². The Morgan fingerprint density at radius 2 is 2.24 bits per heavy atom. The van der Waals surface area contributed by atoms with Gasteiger partial charge >= 0.3 is 0 Å². The van der Waals surface area contributed by atoms with Gasteiger partial charge in [0, 0.05) is 24.3 Å². The molecule has 8 heteroatoms. The number of likely N-dealkylation sites (N-methyl/N-ethyl adjacent to an activating group) is 1. The summed E-state index contributed by atoms with van der Waals surface area (Å²) in [5, 5.41) is 8.87. The molecule has 0 aliphatic rings. The second-order valence-corrected chi connectivity index (χ2v) is 6.77. The highest BCUT2D eigenvalue weighted by molar-refractivity contribution is 7.10. The molecule has 0 fully saturated rings. The molecule has 0 aromatic carbocycles. The number of rotatable bonds is 8. The van der Waals surface area contributed by atoms with E-state index >= 15 is 0 Å². The maximum Gasteiger partial charge on any atom is 0.238 e. The van der Waals surface area contributed by atoms with E-state index in [0.717, 1.165) is 0 Å². The lowest BCUT2D eigenvalue weighted by Gasteiger charge is -2.23. The highest BCUT2D eigenvalue weighted by Gasteiger charge is 2.17. The predicted molar refractivity (Wildman–Crippen MR) is 94.1 cm³/mol. The Balaban J connectivity index is 1.48. The van der Waals surface area contributed by atoms with Crippen LogP contribution < -0.4 is 5.32 Å². The fourth-order valence-corrected chi connectivity index (χ4v) is 3.32. The number of hydrogen-bond donors (Lipinski definition) is 1. The van der Waals surface area contributed by atoms with Crippen molar-refractivity contribution in [1.82, 2.24) is 20.4 Å². The van der Waals surface area contributed by atoms with E-state index in [2.05, 4.69) is 26.4 Å². The molecule has 0 aliphatic carbocycles. The zero-order valence-electron chi connectivity index (χ0n) is 14.1. The van der Waals surface area contributed by atoms with Crippen molar-refractivity contribution in [2.45, 2.75) is 18.9 Å². The zero-order chi connectivity index (χ0) is 17.6. The minimum absolute atomic E-state index is 0.0406. The summed E-state index contributed by atoms with van der Waals surface area (Å²) in [5.41, 5.74) is 0. The fourth-order valence-electron chi connectivity index (χ4n) is 2.40. The van der Waals surface area contributed by atoms with E-state index in [1.807, 2.05) is 25.5 Å². The number of amides is 1. The molecule has 0 bridgehead atoms. The molecule has 0 saturated heterocycles. The van der Waals surface area contributed by atoms with Gasteiger partial charge < -0.3 is 19.2 Å². The molecular weight excluding hydrogens is 340 g/mol. The van der Waals surface area contributed by atoms with Crippen LogP contribution in [0.2, 0.25) is 0 Å². The summed E-state index contributed by atoms with van der Waals surface area (Å²) < 4.78 is 10.4. The minimum Gasteiger partial charge on any atom is -0.461 e. The maximum absolute atomic E-state index is 12.1. The van der Waals surface area contributed by atoms with Crippen LogP contribution in [-0.4, -0.2) is 41.6 Å². The van der Waals surface area contributed by atoms with Crippen LogP contribution in [0.4, 0.5) is 0 Å². The normalized spacial score (nSPS) is 12.4. The number of carbonyl (C=O) groups excluding carboxylic acids is 1. The molecule has 3 heterocycles. The summed E-state index contributed by atoms with van der Waals surface area (Å²) in [6, 6.07) is 7.78. The first-order valence-corrected chi connectivity index (χ1v) is 8.84. The average Bonchev–Trinajstić information content (AvgIpc) is 3.33. The van der Waals surface area contributed by atoms with Crippen molar-refractivity contribution in [2.75, 3.05) is 20.6 Å². The molecule has 132 valence electrons. The standard InChI is InChI=1S/C17H20N4O3S/c1-21(2)12(14-6-4-10-25-14)11-18-15(22)7-8-16-19-17(20-24-16)13-5-3-9-23-13/h3-6,9-10,12H,7-8,11H2,1-2H3,(H,18,22). The largest absolute Gasteiger partial charge is 0.461 e. The van der Waals surface area contributed by atoms with Crippen LogP contribution >= 0.6 is 11.3 Å². The molecule has 3 aromatic rings. The van der Waals surface area contributed by atoms with E-state index in [1.54, 1.807) is 29.7 Å². The second kappa shape index (κ2) is 8.09. The summed E-state index contributed by atoms with van der Waals surface area (Å²) in [6.07, 6.45) is 2.24. The number of hydrogen-bond acceptors (Lipinski definition) is 7. The van der Waals surface area contributed by atoms with Crippen molar-refractivity contribution < 1.29 is 13.7 Å². The Morgan fingerprint density at radius 1 is 1.36 bits per heavy atom. The van der Waals surface area contributed by atoms with Gasteiger partial charge in [0.2, 0.25) is 17.6 Å². The molecule has 1 unspecified atom stereocenters. The SMILES string of the molecule is CN(C)C(CNC(=O)CCc1nc(-c2ccco2)no1)c1cccs1. The van der Waals surface area contributed by atoms with Crippen molar-refractivity contribution in [3.8, 4) is 11.6 Å². The number of thiophene rings is 1. The Hall–Kier alpha value is -2.45. The number of aromatic nitrogens is 2. The number of furan rings is 1. The predicted octanol–water partition coefficient (Wildman–Crippen LogP) is 2.74. The van der Waals surface area contributed by atoms with Gasteiger partial charge in [-0.3, -0.25) is 4.79 Å². The molecule has 1 N–H and O–H groups in total. The van der Waals surface area contributed by atoms with Crippen LogP contribution in [0.3, 0.4) is 0 Å². The van der Waals surface area contributed by atoms with E-state index in [4.69, 9.17) is 8.94 Å². The number of nitrogens with one attached hydrogen (secondary N) is 1. The van der Waals surface area contributed by atoms with Crippen molar-refractivity contribution in [2.24, 2.45) is 0 Å². The summed E-state index contributed by atoms with van der Waals surface area (Å²) >= 11 is 1.69. The Labute approximate surface area is 149 Å². The maximum atomic E-state index is 12.1. The third-order valence-corrected chi connectivity index (χ3v) is 4.74. The van der Waals surface area contributed by atoms with Crippen LogP contribution in [0.25, 0.3) is 11.6 Å². The van der Waals surface area contributed by atoms with Gasteiger partial charge in [0.1, 0.15) is 0 Å². The third-order valence-electron chi connectivity index (χ3n) is 3.76. The van der Waals surface area contributed by atoms with Crippen LogP contribution in [0.15, 0.2) is 44.8 Å². The fraction of sp³-hybridized carbons (Fsp3) is 0.353. The monoisotopic (exact) mass is 360 g/mol. The number of aryl methyl sites for hydroxylation is 1. The van der Waals surface area contributed by atoms with Gasteiger partial charge in [-0.1, -0.05) is 11.2 Å². The quantitative estimate of drug-likeness (QED) is 0.665. The van der Waals surface area contributed by atoms with E-state index in [1.165, 1.54) is 4.88 Å².